The molecule has 1 fully saturated rings. The highest BCUT2D eigenvalue weighted by Crippen LogP contribution is 2.29. The summed E-state index contributed by atoms with van der Waals surface area (Å²) in [5, 5.41) is 11.3. The number of carbonyl (C=O) groups is 1. The summed E-state index contributed by atoms with van der Waals surface area (Å²) in [4.78, 5) is 13.5. The van der Waals surface area contributed by atoms with Crippen LogP contribution in [0, 0.1) is 12.7 Å². The summed E-state index contributed by atoms with van der Waals surface area (Å²) in [5.41, 5.74) is 1.37. The highest BCUT2D eigenvalue weighted by Gasteiger charge is 2.33. The van der Waals surface area contributed by atoms with E-state index in [1.807, 2.05) is 0 Å². The lowest BCUT2D eigenvalue weighted by Crippen LogP contribution is -2.26. The number of aryl methyl sites for hydroxylation is 1. The maximum absolute atomic E-state index is 14.4. The molecule has 1 saturated heterocycles. The van der Waals surface area contributed by atoms with Gasteiger partial charge in [-0.1, -0.05) is 10.4 Å². The SMILES string of the molecule is Cc1cc(-c2ccc(N3CC(Cn4ccnn4)OC3=O)cc2F)on1. The predicted octanol–water partition coefficient (Wildman–Crippen LogP) is 2.41. The normalized spacial score (nSPS) is 17.1. The summed E-state index contributed by atoms with van der Waals surface area (Å²) in [5.74, 6) is -0.157. The fourth-order valence-corrected chi connectivity index (χ4v) is 2.73. The largest absolute Gasteiger partial charge is 0.442 e. The van der Waals surface area contributed by atoms with Gasteiger partial charge in [0.1, 0.15) is 11.9 Å². The van der Waals surface area contributed by atoms with Gasteiger partial charge in [0.15, 0.2) is 5.76 Å². The van der Waals surface area contributed by atoms with E-state index in [-0.39, 0.29) is 11.7 Å². The zero-order valence-electron chi connectivity index (χ0n) is 13.3. The molecule has 8 nitrogen and oxygen atoms in total. The van der Waals surface area contributed by atoms with Crippen molar-refractivity contribution in [1.82, 2.24) is 20.2 Å². The number of benzene rings is 1. The average Bonchev–Trinajstić information content (AvgIpc) is 3.30. The van der Waals surface area contributed by atoms with Gasteiger partial charge in [-0.15, -0.1) is 5.10 Å². The van der Waals surface area contributed by atoms with Gasteiger partial charge in [0.2, 0.25) is 0 Å². The molecule has 0 saturated carbocycles. The number of hydrogen-bond donors (Lipinski definition) is 0. The minimum absolute atomic E-state index is 0.288. The van der Waals surface area contributed by atoms with Crippen LogP contribution >= 0.6 is 0 Å². The van der Waals surface area contributed by atoms with Gasteiger partial charge in [-0.3, -0.25) is 4.90 Å². The van der Waals surface area contributed by atoms with Crippen molar-refractivity contribution < 1.29 is 18.4 Å². The molecule has 3 aromatic rings. The number of carbonyl (C=O) groups excluding carboxylic acids is 1. The van der Waals surface area contributed by atoms with Crippen molar-refractivity contribution in [3.05, 3.63) is 48.2 Å². The van der Waals surface area contributed by atoms with Crippen LogP contribution in [0.15, 0.2) is 41.2 Å². The van der Waals surface area contributed by atoms with Gasteiger partial charge in [0, 0.05) is 12.3 Å². The Kier molecular flexibility index (Phi) is 3.68. The molecule has 0 aliphatic carbocycles. The molecule has 1 aliphatic heterocycles. The maximum atomic E-state index is 14.4. The van der Waals surface area contributed by atoms with Crippen molar-refractivity contribution in [3.8, 4) is 11.3 Å². The van der Waals surface area contributed by atoms with Crippen molar-refractivity contribution in [1.29, 1.82) is 0 Å². The van der Waals surface area contributed by atoms with Crippen LogP contribution in [-0.2, 0) is 11.3 Å². The Morgan fingerprint density at radius 1 is 1.36 bits per heavy atom. The number of cyclic esters (lactones) is 1. The Morgan fingerprint density at radius 3 is 2.92 bits per heavy atom. The highest BCUT2D eigenvalue weighted by molar-refractivity contribution is 5.90. The van der Waals surface area contributed by atoms with E-state index < -0.39 is 11.9 Å². The summed E-state index contributed by atoms with van der Waals surface area (Å²) in [6.45, 7) is 2.45. The van der Waals surface area contributed by atoms with Crippen LogP contribution in [0.25, 0.3) is 11.3 Å². The first-order chi connectivity index (χ1) is 12.1. The van der Waals surface area contributed by atoms with E-state index in [2.05, 4.69) is 15.5 Å². The zero-order valence-corrected chi connectivity index (χ0v) is 13.3. The number of aromatic nitrogens is 4. The Balaban J connectivity index is 1.53. The number of anilines is 1. The van der Waals surface area contributed by atoms with Crippen molar-refractivity contribution >= 4 is 11.8 Å². The molecule has 1 unspecified atom stereocenters. The van der Waals surface area contributed by atoms with E-state index in [9.17, 15) is 9.18 Å². The molecular formula is C16H14FN5O3. The topological polar surface area (TPSA) is 86.3 Å². The first kappa shape index (κ1) is 15.3. The molecule has 1 aromatic carbocycles. The van der Waals surface area contributed by atoms with E-state index in [0.29, 0.717) is 30.2 Å². The molecule has 0 spiro atoms. The van der Waals surface area contributed by atoms with Gasteiger partial charge in [0.25, 0.3) is 0 Å². The summed E-state index contributed by atoms with van der Waals surface area (Å²) in [6.07, 6.45) is 2.33. The molecule has 1 aliphatic rings. The van der Waals surface area contributed by atoms with Crippen LogP contribution in [0.1, 0.15) is 5.69 Å². The second-order valence-corrected chi connectivity index (χ2v) is 5.74. The molecule has 1 atom stereocenters. The lowest BCUT2D eigenvalue weighted by Gasteiger charge is -2.13. The fraction of sp³-hybridized carbons (Fsp3) is 0.250. The summed E-state index contributed by atoms with van der Waals surface area (Å²) >= 11 is 0. The Morgan fingerprint density at radius 2 is 2.24 bits per heavy atom. The van der Waals surface area contributed by atoms with Gasteiger partial charge >= 0.3 is 6.09 Å². The zero-order chi connectivity index (χ0) is 17.4. The third-order valence-electron chi connectivity index (χ3n) is 3.89. The minimum Gasteiger partial charge on any atom is -0.442 e. The Hall–Kier alpha value is -3.23. The van der Waals surface area contributed by atoms with Gasteiger partial charge < -0.3 is 9.26 Å². The molecule has 0 bridgehead atoms. The number of ether oxygens (including phenoxy) is 1. The minimum atomic E-state index is -0.521. The Labute approximate surface area is 141 Å². The van der Waals surface area contributed by atoms with Crippen LogP contribution in [-0.4, -0.2) is 38.9 Å². The van der Waals surface area contributed by atoms with Crippen molar-refractivity contribution in [2.45, 2.75) is 19.6 Å². The van der Waals surface area contributed by atoms with E-state index in [1.54, 1.807) is 42.2 Å². The quantitative estimate of drug-likeness (QED) is 0.723. The molecule has 3 heterocycles. The van der Waals surface area contributed by atoms with E-state index in [4.69, 9.17) is 9.26 Å². The standard InChI is InChI=1S/C16H14FN5O3/c1-10-6-15(25-19-10)13-3-2-11(7-14(13)17)22-9-12(24-16(22)23)8-21-5-4-18-20-21/h2-7,12H,8-9H2,1H3. The highest BCUT2D eigenvalue weighted by atomic mass is 19.1. The molecule has 4 rings (SSSR count). The lowest BCUT2D eigenvalue weighted by atomic mass is 10.1. The smallest absolute Gasteiger partial charge is 0.414 e. The first-order valence-corrected chi connectivity index (χ1v) is 7.65. The van der Waals surface area contributed by atoms with Gasteiger partial charge in [-0.25, -0.2) is 13.9 Å². The summed E-state index contributed by atoms with van der Waals surface area (Å²) in [6, 6.07) is 6.14. The maximum Gasteiger partial charge on any atom is 0.414 e. The lowest BCUT2D eigenvalue weighted by molar-refractivity contribution is 0.129. The van der Waals surface area contributed by atoms with Crippen LogP contribution in [0.5, 0.6) is 0 Å². The van der Waals surface area contributed by atoms with Crippen molar-refractivity contribution in [2.24, 2.45) is 0 Å². The average molecular weight is 343 g/mol. The number of amides is 1. The second kappa shape index (κ2) is 6.00. The van der Waals surface area contributed by atoms with Gasteiger partial charge in [-0.05, 0) is 25.1 Å². The van der Waals surface area contributed by atoms with Crippen LogP contribution in [0.3, 0.4) is 0 Å². The van der Waals surface area contributed by atoms with Crippen molar-refractivity contribution in [3.63, 3.8) is 0 Å². The number of nitrogens with zero attached hydrogens (tertiary/aromatic N) is 5. The molecule has 9 heteroatoms. The number of rotatable bonds is 4. The molecular weight excluding hydrogens is 329 g/mol. The molecule has 2 aromatic heterocycles. The third kappa shape index (κ3) is 2.95. The number of hydrogen-bond acceptors (Lipinski definition) is 6. The molecule has 0 radical (unpaired) electrons. The van der Waals surface area contributed by atoms with E-state index in [0.717, 1.165) is 0 Å². The molecule has 128 valence electrons. The Bertz CT molecular complexity index is 908. The van der Waals surface area contributed by atoms with Crippen LogP contribution < -0.4 is 4.90 Å². The van der Waals surface area contributed by atoms with E-state index in [1.165, 1.54) is 11.0 Å². The van der Waals surface area contributed by atoms with Crippen LogP contribution in [0.2, 0.25) is 0 Å². The number of halogens is 1. The van der Waals surface area contributed by atoms with Crippen LogP contribution in [0.4, 0.5) is 14.9 Å². The fourth-order valence-electron chi connectivity index (χ4n) is 2.73. The first-order valence-electron chi connectivity index (χ1n) is 7.65. The summed E-state index contributed by atoms with van der Waals surface area (Å²) in [7, 11) is 0. The summed E-state index contributed by atoms with van der Waals surface area (Å²) < 4.78 is 26.4. The molecule has 1 amide bonds. The van der Waals surface area contributed by atoms with Gasteiger partial charge in [0.05, 0.1) is 36.2 Å². The van der Waals surface area contributed by atoms with Gasteiger partial charge in [-0.2, -0.15) is 0 Å². The predicted molar refractivity (Wildman–Crippen MR) is 84.3 cm³/mol. The monoisotopic (exact) mass is 343 g/mol. The second-order valence-electron chi connectivity index (χ2n) is 5.74. The third-order valence-corrected chi connectivity index (χ3v) is 3.89. The molecule has 25 heavy (non-hydrogen) atoms. The van der Waals surface area contributed by atoms with E-state index >= 15 is 0 Å². The molecule has 0 N–H and O–H groups in total. The van der Waals surface area contributed by atoms with Crippen molar-refractivity contribution in [2.75, 3.05) is 11.4 Å².